The van der Waals surface area contributed by atoms with E-state index in [0.717, 1.165) is 5.56 Å². The minimum absolute atomic E-state index is 0.175. The average Bonchev–Trinajstić information content (AvgIpc) is 2.21. The van der Waals surface area contributed by atoms with Gasteiger partial charge in [0.05, 0.1) is 6.61 Å². The normalized spacial score (nSPS) is 11.9. The van der Waals surface area contributed by atoms with E-state index in [-0.39, 0.29) is 6.61 Å². The van der Waals surface area contributed by atoms with Crippen molar-refractivity contribution in [2.75, 3.05) is 6.61 Å². The van der Waals surface area contributed by atoms with Crippen LogP contribution in [-0.4, -0.2) is 23.7 Å². The molecule has 0 aliphatic heterocycles. The molecule has 0 heterocycles. The molecule has 1 unspecified atom stereocenters. The van der Waals surface area contributed by atoms with Crippen LogP contribution in [0, 0.1) is 6.92 Å². The van der Waals surface area contributed by atoms with Crippen LogP contribution in [0.2, 0.25) is 0 Å². The summed E-state index contributed by atoms with van der Waals surface area (Å²) >= 11 is 0. The van der Waals surface area contributed by atoms with Crippen LogP contribution in [0.3, 0.4) is 0 Å². The van der Waals surface area contributed by atoms with Crippen molar-refractivity contribution in [2.24, 2.45) is 0 Å². The highest BCUT2D eigenvalue weighted by atomic mass is 16.5. The molecule has 0 fully saturated rings. The second kappa shape index (κ2) is 5.30. The summed E-state index contributed by atoms with van der Waals surface area (Å²) in [5.41, 5.74) is 1.25. The number of carbonyl (C=O) groups is 2. The Kier molecular flexibility index (Phi) is 4.05. The number of carboxylic acid groups (broad SMARTS) is 1. The van der Waals surface area contributed by atoms with Gasteiger partial charge in [0.2, 0.25) is 0 Å². The quantitative estimate of drug-likeness (QED) is 0.622. The molecule has 0 amide bonds. The van der Waals surface area contributed by atoms with Gasteiger partial charge in [0, 0.05) is 0 Å². The minimum Gasteiger partial charge on any atom is -0.480 e. The maximum atomic E-state index is 11.5. The van der Waals surface area contributed by atoms with Crippen molar-refractivity contribution in [1.82, 2.24) is 0 Å². The monoisotopic (exact) mass is 222 g/mol. The van der Waals surface area contributed by atoms with Gasteiger partial charge in [-0.15, -0.1) is 0 Å². The van der Waals surface area contributed by atoms with Gasteiger partial charge >= 0.3 is 11.9 Å². The summed E-state index contributed by atoms with van der Waals surface area (Å²) in [7, 11) is 0. The zero-order valence-corrected chi connectivity index (χ0v) is 9.27. The first-order valence-electron chi connectivity index (χ1n) is 5.03. The number of hydrogen-bond acceptors (Lipinski definition) is 3. The number of ether oxygens (including phenoxy) is 1. The van der Waals surface area contributed by atoms with Gasteiger partial charge in [-0.05, 0) is 25.0 Å². The summed E-state index contributed by atoms with van der Waals surface area (Å²) in [6.45, 7) is 3.59. The summed E-state index contributed by atoms with van der Waals surface area (Å²) < 4.78 is 4.75. The summed E-state index contributed by atoms with van der Waals surface area (Å²) in [6, 6.07) is 6.90. The molecule has 0 spiro atoms. The molecule has 4 nitrogen and oxygen atoms in total. The number of carboxylic acids is 1. The third kappa shape index (κ3) is 2.59. The van der Waals surface area contributed by atoms with Crippen LogP contribution in [0.5, 0.6) is 0 Å². The van der Waals surface area contributed by atoms with Crippen molar-refractivity contribution in [3.63, 3.8) is 0 Å². The lowest BCUT2D eigenvalue weighted by atomic mass is 9.95. The third-order valence-corrected chi connectivity index (χ3v) is 2.27. The van der Waals surface area contributed by atoms with Crippen molar-refractivity contribution >= 4 is 11.9 Å². The summed E-state index contributed by atoms with van der Waals surface area (Å²) in [4.78, 5) is 22.6. The molecule has 0 saturated heterocycles. The molecule has 0 aromatic heterocycles. The van der Waals surface area contributed by atoms with E-state index in [1.807, 2.05) is 0 Å². The average molecular weight is 222 g/mol. The highest BCUT2D eigenvalue weighted by Crippen LogP contribution is 2.21. The van der Waals surface area contributed by atoms with Crippen LogP contribution in [-0.2, 0) is 14.3 Å². The first-order chi connectivity index (χ1) is 7.57. The molecular formula is C12H14O4. The highest BCUT2D eigenvalue weighted by Gasteiger charge is 2.30. The second-order valence-electron chi connectivity index (χ2n) is 3.38. The first-order valence-corrected chi connectivity index (χ1v) is 5.03. The van der Waals surface area contributed by atoms with E-state index in [1.165, 1.54) is 0 Å². The van der Waals surface area contributed by atoms with Crippen LogP contribution in [0.1, 0.15) is 24.0 Å². The SMILES string of the molecule is CCOC(=O)C(C(=O)O)c1ccccc1C. The molecule has 4 heteroatoms. The number of benzene rings is 1. The Bertz CT molecular complexity index is 398. The van der Waals surface area contributed by atoms with E-state index < -0.39 is 17.9 Å². The Morgan fingerprint density at radius 2 is 2.00 bits per heavy atom. The predicted molar refractivity (Wildman–Crippen MR) is 58.2 cm³/mol. The molecule has 0 saturated carbocycles. The van der Waals surface area contributed by atoms with Crippen LogP contribution >= 0.6 is 0 Å². The van der Waals surface area contributed by atoms with Crippen molar-refractivity contribution in [1.29, 1.82) is 0 Å². The number of rotatable bonds is 4. The highest BCUT2D eigenvalue weighted by molar-refractivity contribution is 6.00. The zero-order valence-electron chi connectivity index (χ0n) is 9.27. The molecule has 86 valence electrons. The van der Waals surface area contributed by atoms with Gasteiger partial charge in [-0.2, -0.15) is 0 Å². The first kappa shape index (κ1) is 12.2. The fraction of sp³-hybridized carbons (Fsp3) is 0.333. The lowest BCUT2D eigenvalue weighted by molar-refractivity contribution is -0.153. The summed E-state index contributed by atoms with van der Waals surface area (Å²) in [6.07, 6.45) is 0. The summed E-state index contributed by atoms with van der Waals surface area (Å²) in [5.74, 6) is -3.14. The molecule has 0 aliphatic carbocycles. The molecule has 0 radical (unpaired) electrons. The number of carbonyl (C=O) groups excluding carboxylic acids is 1. The van der Waals surface area contributed by atoms with Crippen LogP contribution in [0.4, 0.5) is 0 Å². The fourth-order valence-electron chi connectivity index (χ4n) is 1.50. The maximum Gasteiger partial charge on any atom is 0.324 e. The van der Waals surface area contributed by atoms with Gasteiger partial charge in [0.1, 0.15) is 0 Å². The van der Waals surface area contributed by atoms with Crippen LogP contribution in [0.15, 0.2) is 24.3 Å². The third-order valence-electron chi connectivity index (χ3n) is 2.27. The Morgan fingerprint density at radius 3 is 2.50 bits per heavy atom. The molecule has 1 rings (SSSR count). The van der Waals surface area contributed by atoms with Crippen molar-refractivity contribution in [2.45, 2.75) is 19.8 Å². The molecule has 1 aromatic rings. The molecule has 1 aromatic carbocycles. The lowest BCUT2D eigenvalue weighted by Crippen LogP contribution is -2.24. The molecular weight excluding hydrogens is 208 g/mol. The van der Waals surface area contributed by atoms with E-state index in [2.05, 4.69) is 0 Å². The lowest BCUT2D eigenvalue weighted by Gasteiger charge is -2.13. The van der Waals surface area contributed by atoms with E-state index in [1.54, 1.807) is 38.1 Å². The van der Waals surface area contributed by atoms with Crippen molar-refractivity contribution in [3.05, 3.63) is 35.4 Å². The van der Waals surface area contributed by atoms with E-state index in [4.69, 9.17) is 9.84 Å². The van der Waals surface area contributed by atoms with E-state index >= 15 is 0 Å². The molecule has 16 heavy (non-hydrogen) atoms. The van der Waals surface area contributed by atoms with E-state index in [9.17, 15) is 9.59 Å². The number of aliphatic carboxylic acids is 1. The number of aryl methyl sites for hydroxylation is 1. The number of hydrogen-bond donors (Lipinski definition) is 1. The van der Waals surface area contributed by atoms with Gasteiger partial charge in [-0.1, -0.05) is 24.3 Å². The van der Waals surface area contributed by atoms with Gasteiger partial charge < -0.3 is 9.84 Å². The van der Waals surface area contributed by atoms with Crippen molar-refractivity contribution < 1.29 is 19.4 Å². The summed E-state index contributed by atoms with van der Waals surface area (Å²) in [5, 5.41) is 9.05. The van der Waals surface area contributed by atoms with Gasteiger partial charge in [-0.3, -0.25) is 9.59 Å². The van der Waals surface area contributed by atoms with Crippen LogP contribution in [0.25, 0.3) is 0 Å². The Balaban J connectivity index is 3.08. The zero-order chi connectivity index (χ0) is 12.1. The van der Waals surface area contributed by atoms with Gasteiger partial charge in [0.15, 0.2) is 5.92 Å². The largest absolute Gasteiger partial charge is 0.480 e. The Hall–Kier alpha value is -1.84. The molecule has 0 bridgehead atoms. The van der Waals surface area contributed by atoms with Gasteiger partial charge in [-0.25, -0.2) is 0 Å². The van der Waals surface area contributed by atoms with Crippen LogP contribution < -0.4 is 0 Å². The molecule has 0 aliphatic rings. The van der Waals surface area contributed by atoms with E-state index in [0.29, 0.717) is 5.56 Å². The molecule has 1 atom stereocenters. The molecule has 1 N–H and O–H groups in total. The standard InChI is InChI=1S/C12H14O4/c1-3-16-12(15)10(11(13)14)9-7-5-4-6-8(9)2/h4-7,10H,3H2,1-2H3,(H,13,14). The van der Waals surface area contributed by atoms with Crippen molar-refractivity contribution in [3.8, 4) is 0 Å². The Morgan fingerprint density at radius 1 is 1.38 bits per heavy atom. The predicted octanol–water partition coefficient (Wildman–Crippen LogP) is 1.73. The maximum absolute atomic E-state index is 11.5. The Labute approximate surface area is 93.9 Å². The minimum atomic E-state index is -1.24. The fourth-order valence-corrected chi connectivity index (χ4v) is 1.50. The number of esters is 1. The second-order valence-corrected chi connectivity index (χ2v) is 3.38. The smallest absolute Gasteiger partial charge is 0.324 e. The topological polar surface area (TPSA) is 63.6 Å². The van der Waals surface area contributed by atoms with Gasteiger partial charge in [0.25, 0.3) is 0 Å².